The highest BCUT2D eigenvalue weighted by Gasteiger charge is 2.59. The van der Waals surface area contributed by atoms with Crippen LogP contribution < -0.4 is 0 Å². The lowest BCUT2D eigenvalue weighted by atomic mass is 9.90. The molecule has 0 aliphatic carbocycles. The highest BCUT2D eigenvalue weighted by Crippen LogP contribution is 2.36. The molecule has 1 rings (SSSR count). The number of aldehydes is 1. The van der Waals surface area contributed by atoms with Crippen molar-refractivity contribution in [3.8, 4) is 0 Å². The van der Waals surface area contributed by atoms with Gasteiger partial charge in [0.1, 0.15) is 19.0 Å². The molecule has 0 aromatic heterocycles. The molecule has 1 N–H and O–H groups in total. The third-order valence-corrected chi connectivity index (χ3v) is 3.51. The van der Waals surface area contributed by atoms with E-state index in [0.717, 1.165) is 27.7 Å². The van der Waals surface area contributed by atoms with Crippen LogP contribution in [-0.2, 0) is 47.7 Å². The van der Waals surface area contributed by atoms with Crippen LogP contribution in [0.4, 0.5) is 0 Å². The Morgan fingerprint density at radius 3 is 1.89 bits per heavy atom. The zero-order chi connectivity index (χ0) is 20.8. The van der Waals surface area contributed by atoms with E-state index in [1.807, 2.05) is 0 Å². The average Bonchev–Trinajstić information content (AvgIpc) is 2.51. The van der Waals surface area contributed by atoms with Gasteiger partial charge in [-0.15, -0.1) is 0 Å². The maximum absolute atomic E-state index is 11.5. The minimum atomic E-state index is -2.41. The Morgan fingerprint density at radius 2 is 1.44 bits per heavy atom. The number of hydrogen-bond acceptors (Lipinski definition) is 11. The number of carbonyl (C=O) groups is 5. The summed E-state index contributed by atoms with van der Waals surface area (Å²) >= 11 is 0. The molecule has 1 aliphatic heterocycles. The van der Waals surface area contributed by atoms with Crippen molar-refractivity contribution >= 4 is 30.2 Å². The third kappa shape index (κ3) is 6.29. The van der Waals surface area contributed by atoms with Crippen molar-refractivity contribution in [1.82, 2.24) is 0 Å². The summed E-state index contributed by atoms with van der Waals surface area (Å²) in [5.41, 5.74) is 0. The normalized spacial score (nSPS) is 30.0. The quantitative estimate of drug-likeness (QED) is 0.324. The molecule has 11 heteroatoms. The SMILES string of the molecule is CC(=O)OC[C@H]1OC(O)(CC=O)[C@H](OC(C)=O)[C@@H](OC(C)=O)[C@@H]1OC(C)=O. The number of hydrogen-bond donors (Lipinski definition) is 1. The van der Waals surface area contributed by atoms with Gasteiger partial charge in [0.05, 0.1) is 6.42 Å². The Hall–Kier alpha value is -2.53. The molecule has 0 bridgehead atoms. The molecule has 1 heterocycles. The minimum absolute atomic E-state index is 0.302. The highest BCUT2D eigenvalue weighted by atomic mass is 16.7. The second kappa shape index (κ2) is 9.42. The van der Waals surface area contributed by atoms with Crippen molar-refractivity contribution in [1.29, 1.82) is 0 Å². The first-order valence-electron chi connectivity index (χ1n) is 7.99. The smallest absolute Gasteiger partial charge is 0.303 e. The Morgan fingerprint density at radius 1 is 0.926 bits per heavy atom. The fourth-order valence-electron chi connectivity index (χ4n) is 2.64. The predicted octanol–water partition coefficient (Wildman–Crippen LogP) is -0.979. The predicted molar refractivity (Wildman–Crippen MR) is 83.8 cm³/mol. The van der Waals surface area contributed by atoms with E-state index in [4.69, 9.17) is 23.7 Å². The van der Waals surface area contributed by atoms with Gasteiger partial charge in [-0.25, -0.2) is 0 Å². The van der Waals surface area contributed by atoms with Crippen molar-refractivity contribution in [2.45, 2.75) is 64.3 Å². The summed E-state index contributed by atoms with van der Waals surface area (Å²) in [4.78, 5) is 56.6. The van der Waals surface area contributed by atoms with E-state index >= 15 is 0 Å². The van der Waals surface area contributed by atoms with Crippen molar-refractivity contribution < 1.29 is 52.8 Å². The molecule has 0 spiro atoms. The lowest BCUT2D eigenvalue weighted by Crippen LogP contribution is -2.68. The van der Waals surface area contributed by atoms with E-state index in [1.54, 1.807) is 0 Å². The minimum Gasteiger partial charge on any atom is -0.463 e. The average molecular weight is 390 g/mol. The largest absolute Gasteiger partial charge is 0.463 e. The van der Waals surface area contributed by atoms with Crippen LogP contribution in [0.1, 0.15) is 34.1 Å². The van der Waals surface area contributed by atoms with Gasteiger partial charge in [-0.3, -0.25) is 19.2 Å². The number of aliphatic hydroxyl groups is 1. The van der Waals surface area contributed by atoms with Crippen LogP contribution in [0.25, 0.3) is 0 Å². The van der Waals surface area contributed by atoms with Crippen molar-refractivity contribution in [3.05, 3.63) is 0 Å². The molecule has 1 fully saturated rings. The Bertz CT molecular complexity index is 601. The third-order valence-electron chi connectivity index (χ3n) is 3.51. The van der Waals surface area contributed by atoms with Crippen LogP contribution in [0, 0.1) is 0 Å². The summed E-state index contributed by atoms with van der Waals surface area (Å²) in [5.74, 6) is -5.60. The first-order valence-corrected chi connectivity index (χ1v) is 7.99. The van der Waals surface area contributed by atoms with Crippen molar-refractivity contribution in [2.24, 2.45) is 0 Å². The molecule has 1 saturated heterocycles. The van der Waals surface area contributed by atoms with Gasteiger partial charge in [0.25, 0.3) is 0 Å². The van der Waals surface area contributed by atoms with Crippen LogP contribution in [-0.4, -0.2) is 72.1 Å². The molecule has 11 nitrogen and oxygen atoms in total. The van der Waals surface area contributed by atoms with Crippen molar-refractivity contribution in [2.75, 3.05) is 6.61 Å². The molecule has 0 saturated carbocycles. The maximum atomic E-state index is 11.5. The fourth-order valence-corrected chi connectivity index (χ4v) is 2.64. The van der Waals surface area contributed by atoms with E-state index in [-0.39, 0.29) is 0 Å². The molecule has 0 amide bonds. The molecular formula is C16H22O11. The van der Waals surface area contributed by atoms with Gasteiger partial charge < -0.3 is 33.6 Å². The molecule has 1 aliphatic rings. The Kier molecular flexibility index (Phi) is 7.85. The molecule has 152 valence electrons. The Balaban J connectivity index is 3.38. The summed E-state index contributed by atoms with van der Waals surface area (Å²) in [6.45, 7) is 3.77. The van der Waals surface area contributed by atoms with Gasteiger partial charge >= 0.3 is 23.9 Å². The second-order valence-electron chi connectivity index (χ2n) is 5.85. The summed E-state index contributed by atoms with van der Waals surface area (Å²) in [6, 6.07) is 0. The summed E-state index contributed by atoms with van der Waals surface area (Å²) in [7, 11) is 0. The number of esters is 4. The molecular weight excluding hydrogens is 368 g/mol. The van der Waals surface area contributed by atoms with Gasteiger partial charge in [0.15, 0.2) is 18.3 Å². The molecule has 0 aromatic rings. The molecule has 5 atom stereocenters. The second-order valence-corrected chi connectivity index (χ2v) is 5.85. The summed E-state index contributed by atoms with van der Waals surface area (Å²) in [5, 5.41) is 10.7. The topological polar surface area (TPSA) is 152 Å². The summed E-state index contributed by atoms with van der Waals surface area (Å²) in [6.07, 6.45) is -6.25. The monoisotopic (exact) mass is 390 g/mol. The molecule has 0 aromatic carbocycles. The lowest BCUT2D eigenvalue weighted by molar-refractivity contribution is -0.350. The van der Waals surface area contributed by atoms with Crippen LogP contribution >= 0.6 is 0 Å². The van der Waals surface area contributed by atoms with E-state index in [9.17, 15) is 29.1 Å². The van der Waals surface area contributed by atoms with Gasteiger partial charge in [-0.05, 0) is 0 Å². The first-order chi connectivity index (χ1) is 12.5. The number of carbonyl (C=O) groups excluding carboxylic acids is 5. The van der Waals surface area contributed by atoms with E-state index < -0.39 is 67.1 Å². The zero-order valence-electron chi connectivity index (χ0n) is 15.3. The van der Waals surface area contributed by atoms with Gasteiger partial charge in [-0.2, -0.15) is 0 Å². The summed E-state index contributed by atoms with van der Waals surface area (Å²) < 4.78 is 25.5. The highest BCUT2D eigenvalue weighted by molar-refractivity contribution is 5.69. The number of rotatable bonds is 7. The first kappa shape index (κ1) is 22.5. The van der Waals surface area contributed by atoms with Crippen LogP contribution in [0.5, 0.6) is 0 Å². The van der Waals surface area contributed by atoms with E-state index in [0.29, 0.717) is 6.29 Å². The standard InChI is InChI=1S/C16H22O11/c1-8(18)23-7-12-13(24-9(2)19)14(25-10(3)20)15(26-11(4)21)16(22,27-12)5-6-17/h6,12-15,22H,5,7H2,1-4H3/t12-,13-,14+,15-,16?/m1/s1. The molecule has 1 unspecified atom stereocenters. The van der Waals surface area contributed by atoms with Crippen LogP contribution in [0.15, 0.2) is 0 Å². The van der Waals surface area contributed by atoms with Crippen LogP contribution in [0.3, 0.4) is 0 Å². The van der Waals surface area contributed by atoms with E-state index in [1.165, 1.54) is 0 Å². The van der Waals surface area contributed by atoms with Gasteiger partial charge in [0, 0.05) is 27.7 Å². The maximum Gasteiger partial charge on any atom is 0.303 e. The fraction of sp³-hybridized carbons (Fsp3) is 0.688. The van der Waals surface area contributed by atoms with Crippen LogP contribution in [0.2, 0.25) is 0 Å². The zero-order valence-corrected chi connectivity index (χ0v) is 15.3. The van der Waals surface area contributed by atoms with Gasteiger partial charge in [-0.1, -0.05) is 0 Å². The number of ether oxygens (including phenoxy) is 5. The van der Waals surface area contributed by atoms with Crippen molar-refractivity contribution in [3.63, 3.8) is 0 Å². The lowest BCUT2D eigenvalue weighted by Gasteiger charge is -2.48. The van der Waals surface area contributed by atoms with E-state index in [2.05, 4.69) is 0 Å². The molecule has 0 radical (unpaired) electrons. The molecule has 27 heavy (non-hydrogen) atoms. The Labute approximate surface area is 154 Å². The van der Waals surface area contributed by atoms with Gasteiger partial charge in [0.2, 0.25) is 5.79 Å².